The number of amides is 2. The number of methoxy groups -OCH3 is 1. The van der Waals surface area contributed by atoms with E-state index in [1.807, 2.05) is 30.3 Å². The largest absolute Gasteiger partial charge is 0.497 e. The third kappa shape index (κ3) is 6.33. The number of halogens is 1. The van der Waals surface area contributed by atoms with Gasteiger partial charge in [0.1, 0.15) is 11.6 Å². The van der Waals surface area contributed by atoms with E-state index in [9.17, 15) is 4.79 Å². The van der Waals surface area contributed by atoms with Gasteiger partial charge in [-0.2, -0.15) is 0 Å². The summed E-state index contributed by atoms with van der Waals surface area (Å²) in [7, 11) is 1.66. The highest BCUT2D eigenvalue weighted by Gasteiger charge is 2.07. The van der Waals surface area contributed by atoms with E-state index in [0.717, 1.165) is 36.4 Å². The average molecular weight is 427 g/mol. The standard InChI is InChI=1S/C21H23ClN6O2/c1-30-17-4-2-3-14(9-17)11-24-8-7-15-5-6-16(10-18(15)22)27-21(29)28-20-13-25-19(23)12-26-20/h2-6,9-10,12-13,24H,7-8,11H2,1H3,(H2,23,25)(H2,26,27,28,29). The lowest BCUT2D eigenvalue weighted by atomic mass is 10.1. The van der Waals surface area contributed by atoms with Gasteiger partial charge in [0, 0.05) is 17.3 Å². The van der Waals surface area contributed by atoms with E-state index in [2.05, 4.69) is 25.9 Å². The zero-order chi connectivity index (χ0) is 21.3. The van der Waals surface area contributed by atoms with Gasteiger partial charge in [0.15, 0.2) is 5.82 Å². The number of nitrogens with one attached hydrogen (secondary N) is 3. The molecule has 0 radical (unpaired) electrons. The SMILES string of the molecule is COc1cccc(CNCCc2ccc(NC(=O)Nc3cnc(N)cn3)cc2Cl)c1. The summed E-state index contributed by atoms with van der Waals surface area (Å²) in [4.78, 5) is 19.9. The Bertz CT molecular complexity index is 997. The van der Waals surface area contributed by atoms with Crippen molar-refractivity contribution in [3.8, 4) is 5.75 Å². The first kappa shape index (κ1) is 21.4. The van der Waals surface area contributed by atoms with Crippen molar-refractivity contribution in [1.29, 1.82) is 0 Å². The average Bonchev–Trinajstić information content (AvgIpc) is 2.74. The molecule has 1 aromatic heterocycles. The maximum atomic E-state index is 12.1. The molecule has 0 bridgehead atoms. The van der Waals surface area contributed by atoms with Crippen LogP contribution in [0.25, 0.3) is 0 Å². The predicted octanol–water partition coefficient (Wildman–Crippen LogP) is 3.70. The minimum atomic E-state index is -0.446. The number of rotatable bonds is 8. The van der Waals surface area contributed by atoms with Crippen LogP contribution in [0.1, 0.15) is 11.1 Å². The van der Waals surface area contributed by atoms with Crippen molar-refractivity contribution in [3.63, 3.8) is 0 Å². The van der Waals surface area contributed by atoms with Gasteiger partial charge in [-0.15, -0.1) is 0 Å². The number of urea groups is 1. The zero-order valence-corrected chi connectivity index (χ0v) is 17.2. The second kappa shape index (κ2) is 10.4. The van der Waals surface area contributed by atoms with E-state index in [4.69, 9.17) is 22.1 Å². The molecule has 0 saturated carbocycles. The Morgan fingerprint density at radius 1 is 1.13 bits per heavy atom. The number of ether oxygens (including phenoxy) is 1. The highest BCUT2D eigenvalue weighted by molar-refractivity contribution is 6.31. The molecule has 30 heavy (non-hydrogen) atoms. The minimum Gasteiger partial charge on any atom is -0.497 e. The van der Waals surface area contributed by atoms with Crippen molar-refractivity contribution < 1.29 is 9.53 Å². The van der Waals surface area contributed by atoms with Crippen molar-refractivity contribution in [2.75, 3.05) is 30.0 Å². The Kier molecular flexibility index (Phi) is 7.42. The number of hydrogen-bond donors (Lipinski definition) is 4. The van der Waals surface area contributed by atoms with Crippen LogP contribution in [0.2, 0.25) is 5.02 Å². The fourth-order valence-corrected chi connectivity index (χ4v) is 3.02. The molecule has 0 aliphatic rings. The monoisotopic (exact) mass is 426 g/mol. The van der Waals surface area contributed by atoms with Crippen molar-refractivity contribution >= 4 is 35.0 Å². The number of nitrogens with zero attached hydrogens (tertiary/aromatic N) is 2. The third-order valence-corrected chi connectivity index (χ3v) is 4.61. The first-order chi connectivity index (χ1) is 14.5. The molecule has 0 aliphatic heterocycles. The van der Waals surface area contributed by atoms with Gasteiger partial charge in [0.2, 0.25) is 0 Å². The van der Waals surface area contributed by atoms with Crippen molar-refractivity contribution in [2.45, 2.75) is 13.0 Å². The molecule has 0 atom stereocenters. The van der Waals surface area contributed by atoms with Crippen molar-refractivity contribution in [2.24, 2.45) is 0 Å². The molecule has 5 N–H and O–H groups in total. The normalized spacial score (nSPS) is 10.5. The maximum Gasteiger partial charge on any atom is 0.324 e. The first-order valence-corrected chi connectivity index (χ1v) is 9.69. The molecule has 9 heteroatoms. The predicted molar refractivity (Wildman–Crippen MR) is 119 cm³/mol. The Balaban J connectivity index is 1.47. The van der Waals surface area contributed by atoms with Gasteiger partial charge in [-0.3, -0.25) is 5.32 Å². The zero-order valence-electron chi connectivity index (χ0n) is 16.5. The lowest BCUT2D eigenvalue weighted by molar-refractivity contribution is 0.262. The van der Waals surface area contributed by atoms with Gasteiger partial charge in [-0.05, 0) is 48.4 Å². The van der Waals surface area contributed by atoms with Gasteiger partial charge in [0.25, 0.3) is 0 Å². The lowest BCUT2D eigenvalue weighted by Crippen LogP contribution is -2.20. The summed E-state index contributed by atoms with van der Waals surface area (Å²) in [5, 5.41) is 9.27. The van der Waals surface area contributed by atoms with E-state index in [-0.39, 0.29) is 5.82 Å². The highest BCUT2D eigenvalue weighted by Crippen LogP contribution is 2.21. The molecule has 3 aromatic rings. The Morgan fingerprint density at radius 3 is 2.73 bits per heavy atom. The minimum absolute atomic E-state index is 0.279. The van der Waals surface area contributed by atoms with Crippen LogP contribution >= 0.6 is 11.6 Å². The molecule has 0 aliphatic carbocycles. The summed E-state index contributed by atoms with van der Waals surface area (Å²) in [5.74, 6) is 1.42. The molecule has 156 valence electrons. The van der Waals surface area contributed by atoms with Crippen molar-refractivity contribution in [1.82, 2.24) is 15.3 Å². The van der Waals surface area contributed by atoms with Crippen LogP contribution in [0.5, 0.6) is 5.75 Å². The Labute approximate surface area is 179 Å². The molecule has 3 rings (SSSR count). The van der Waals surface area contributed by atoms with Gasteiger partial charge < -0.3 is 21.1 Å². The van der Waals surface area contributed by atoms with Crippen LogP contribution in [-0.2, 0) is 13.0 Å². The smallest absolute Gasteiger partial charge is 0.324 e. The highest BCUT2D eigenvalue weighted by atomic mass is 35.5. The van der Waals surface area contributed by atoms with Crippen LogP contribution < -0.4 is 26.4 Å². The van der Waals surface area contributed by atoms with E-state index in [1.54, 1.807) is 19.2 Å². The molecule has 0 fully saturated rings. The number of carbonyl (C=O) groups is 1. The number of carbonyl (C=O) groups excluding carboxylic acids is 1. The molecular formula is C21H23ClN6O2. The summed E-state index contributed by atoms with van der Waals surface area (Å²) in [6.45, 7) is 1.50. The summed E-state index contributed by atoms with van der Waals surface area (Å²) in [6.07, 6.45) is 3.50. The molecule has 0 spiro atoms. The van der Waals surface area contributed by atoms with E-state index < -0.39 is 6.03 Å². The van der Waals surface area contributed by atoms with Gasteiger partial charge in [0.05, 0.1) is 19.5 Å². The molecule has 0 unspecified atom stereocenters. The van der Waals surface area contributed by atoms with Crippen LogP contribution in [0, 0.1) is 0 Å². The van der Waals surface area contributed by atoms with Crippen LogP contribution in [0.15, 0.2) is 54.9 Å². The second-order valence-electron chi connectivity index (χ2n) is 6.49. The lowest BCUT2D eigenvalue weighted by Gasteiger charge is -2.10. The number of nitrogens with two attached hydrogens (primary N) is 1. The van der Waals surface area contributed by atoms with Gasteiger partial charge in [-0.1, -0.05) is 29.8 Å². The number of nitrogen functional groups attached to an aromatic ring is 1. The Morgan fingerprint density at radius 2 is 2.00 bits per heavy atom. The van der Waals surface area contributed by atoms with E-state index >= 15 is 0 Å². The molecular weight excluding hydrogens is 404 g/mol. The maximum absolute atomic E-state index is 12.1. The van der Waals surface area contributed by atoms with Gasteiger partial charge in [-0.25, -0.2) is 14.8 Å². The summed E-state index contributed by atoms with van der Waals surface area (Å²) < 4.78 is 5.23. The molecule has 0 saturated heterocycles. The molecule has 8 nitrogen and oxygen atoms in total. The number of aromatic nitrogens is 2. The Hall–Kier alpha value is -3.36. The summed E-state index contributed by atoms with van der Waals surface area (Å²) >= 11 is 6.37. The van der Waals surface area contributed by atoms with Crippen LogP contribution in [0.4, 0.5) is 22.1 Å². The topological polar surface area (TPSA) is 114 Å². The summed E-state index contributed by atoms with van der Waals surface area (Å²) in [6, 6.07) is 12.9. The third-order valence-electron chi connectivity index (χ3n) is 4.26. The number of anilines is 3. The van der Waals surface area contributed by atoms with Gasteiger partial charge >= 0.3 is 6.03 Å². The fraction of sp³-hybridized carbons (Fsp3) is 0.190. The quantitative estimate of drug-likeness (QED) is 0.408. The van der Waals surface area contributed by atoms with Crippen LogP contribution in [0.3, 0.4) is 0 Å². The summed E-state index contributed by atoms with van der Waals surface area (Å²) in [5.41, 5.74) is 8.19. The second-order valence-corrected chi connectivity index (χ2v) is 6.90. The van der Waals surface area contributed by atoms with Crippen LogP contribution in [-0.4, -0.2) is 29.7 Å². The van der Waals surface area contributed by atoms with Crippen molar-refractivity contribution in [3.05, 3.63) is 71.0 Å². The number of benzene rings is 2. The van der Waals surface area contributed by atoms with E-state index in [1.165, 1.54) is 12.4 Å². The first-order valence-electron chi connectivity index (χ1n) is 9.31. The molecule has 2 aromatic carbocycles. The van der Waals surface area contributed by atoms with E-state index in [0.29, 0.717) is 16.5 Å². The molecule has 2 amide bonds. The fourth-order valence-electron chi connectivity index (χ4n) is 2.75. The number of hydrogen-bond acceptors (Lipinski definition) is 6. The molecule has 1 heterocycles.